The molecule has 2 aromatic carbocycles. The van der Waals surface area contributed by atoms with E-state index < -0.39 is 0 Å². The van der Waals surface area contributed by atoms with E-state index in [-0.39, 0.29) is 5.91 Å². The van der Waals surface area contributed by atoms with Crippen molar-refractivity contribution in [3.8, 4) is 5.75 Å². The van der Waals surface area contributed by atoms with Gasteiger partial charge in [0, 0.05) is 15.7 Å². The van der Waals surface area contributed by atoms with Gasteiger partial charge < -0.3 is 10.1 Å². The first-order valence-electron chi connectivity index (χ1n) is 8.09. The Balaban J connectivity index is 1.92. The molecule has 2 rings (SSSR count). The predicted molar refractivity (Wildman–Crippen MR) is 106 cm³/mol. The summed E-state index contributed by atoms with van der Waals surface area (Å²) in [6.45, 7) is 2.89. The molecule has 0 aliphatic heterocycles. The van der Waals surface area contributed by atoms with Crippen molar-refractivity contribution in [2.75, 3.05) is 11.9 Å². The van der Waals surface area contributed by atoms with Crippen LogP contribution in [0.5, 0.6) is 5.75 Å². The third-order valence-electron chi connectivity index (χ3n) is 3.55. The minimum Gasteiger partial charge on any atom is -0.492 e. The van der Waals surface area contributed by atoms with Crippen LogP contribution in [0.2, 0.25) is 0 Å². The van der Waals surface area contributed by atoms with Crippen LogP contribution in [0.1, 0.15) is 43.0 Å². The van der Waals surface area contributed by atoms with Crippen molar-refractivity contribution in [3.05, 3.63) is 57.0 Å². The summed E-state index contributed by atoms with van der Waals surface area (Å²) >= 11 is 6.86. The molecular formula is C19H21Br2NO2. The number of anilines is 1. The number of unbranched alkanes of at least 4 members (excludes halogenated alkanes) is 3. The van der Waals surface area contributed by atoms with Crippen molar-refractivity contribution in [2.24, 2.45) is 0 Å². The van der Waals surface area contributed by atoms with Gasteiger partial charge >= 0.3 is 0 Å². The van der Waals surface area contributed by atoms with E-state index in [4.69, 9.17) is 4.74 Å². The van der Waals surface area contributed by atoms with Crippen LogP contribution in [-0.4, -0.2) is 12.5 Å². The lowest BCUT2D eigenvalue weighted by atomic mass is 10.2. The number of ether oxygens (including phenoxy) is 1. The monoisotopic (exact) mass is 453 g/mol. The molecule has 1 amide bonds. The summed E-state index contributed by atoms with van der Waals surface area (Å²) in [6.07, 6.45) is 4.68. The van der Waals surface area contributed by atoms with E-state index in [1.54, 1.807) is 12.1 Å². The van der Waals surface area contributed by atoms with Gasteiger partial charge in [-0.15, -0.1) is 0 Å². The predicted octanol–water partition coefficient (Wildman–Crippen LogP) is 6.42. The van der Waals surface area contributed by atoms with E-state index in [1.165, 1.54) is 19.3 Å². The molecule has 0 aromatic heterocycles. The molecule has 0 heterocycles. The minimum atomic E-state index is -0.146. The van der Waals surface area contributed by atoms with Crippen molar-refractivity contribution in [2.45, 2.75) is 32.6 Å². The molecule has 0 spiro atoms. The lowest BCUT2D eigenvalue weighted by molar-refractivity contribution is 0.102. The fraction of sp³-hybridized carbons (Fsp3) is 0.316. The van der Waals surface area contributed by atoms with Crippen LogP contribution in [0.15, 0.2) is 51.4 Å². The molecule has 0 atom stereocenters. The van der Waals surface area contributed by atoms with Crippen LogP contribution in [0.4, 0.5) is 5.69 Å². The molecule has 0 fully saturated rings. The van der Waals surface area contributed by atoms with E-state index in [9.17, 15) is 4.79 Å². The Bertz CT molecular complexity index is 672. The zero-order chi connectivity index (χ0) is 17.4. The number of nitrogens with one attached hydrogen (secondary N) is 1. The Morgan fingerprint density at radius 1 is 1.04 bits per heavy atom. The first-order valence-corrected chi connectivity index (χ1v) is 9.68. The van der Waals surface area contributed by atoms with E-state index >= 15 is 0 Å². The van der Waals surface area contributed by atoms with Gasteiger partial charge in [-0.1, -0.05) is 42.1 Å². The molecule has 128 valence electrons. The largest absolute Gasteiger partial charge is 0.492 e. The lowest BCUT2D eigenvalue weighted by Gasteiger charge is -2.10. The van der Waals surface area contributed by atoms with Gasteiger partial charge in [0.1, 0.15) is 5.75 Å². The van der Waals surface area contributed by atoms with E-state index in [1.807, 2.05) is 30.3 Å². The highest BCUT2D eigenvalue weighted by Crippen LogP contribution is 2.27. The first kappa shape index (κ1) is 19.0. The molecule has 0 saturated heterocycles. The molecule has 0 aliphatic carbocycles. The van der Waals surface area contributed by atoms with Crippen LogP contribution in [0.3, 0.4) is 0 Å². The molecule has 0 bridgehead atoms. The average Bonchev–Trinajstić information content (AvgIpc) is 2.58. The Morgan fingerprint density at radius 3 is 2.46 bits per heavy atom. The molecular weight excluding hydrogens is 434 g/mol. The summed E-state index contributed by atoms with van der Waals surface area (Å²) in [7, 11) is 0. The summed E-state index contributed by atoms with van der Waals surface area (Å²) in [4.78, 5) is 12.3. The van der Waals surface area contributed by atoms with Crippen molar-refractivity contribution < 1.29 is 9.53 Å². The molecule has 2 aromatic rings. The third kappa shape index (κ3) is 5.95. The normalized spacial score (nSPS) is 10.5. The minimum absolute atomic E-state index is 0.146. The summed E-state index contributed by atoms with van der Waals surface area (Å²) in [5.41, 5.74) is 1.35. The third-order valence-corrected chi connectivity index (χ3v) is 4.70. The number of carbonyl (C=O) groups excluding carboxylic acids is 1. The number of rotatable bonds is 8. The maximum Gasteiger partial charge on any atom is 0.255 e. The number of carbonyl (C=O) groups is 1. The highest BCUT2D eigenvalue weighted by Gasteiger charge is 2.09. The molecule has 5 heteroatoms. The topological polar surface area (TPSA) is 38.3 Å². The number of benzene rings is 2. The summed E-state index contributed by atoms with van der Waals surface area (Å²) in [6, 6.07) is 12.9. The van der Waals surface area contributed by atoms with Gasteiger partial charge in [-0.05, 0) is 64.8 Å². The standard InChI is InChI=1S/C19H21Br2NO2/c1-2-3-4-5-12-24-18-11-6-14(13-17(18)21)19(23)22-16-9-7-15(20)8-10-16/h6-11,13H,2-5,12H2,1H3,(H,22,23). The van der Waals surface area contributed by atoms with Gasteiger partial charge in [0.25, 0.3) is 5.91 Å². The summed E-state index contributed by atoms with van der Waals surface area (Å²) < 4.78 is 7.53. The van der Waals surface area contributed by atoms with Crippen LogP contribution >= 0.6 is 31.9 Å². The maximum atomic E-state index is 12.3. The molecule has 0 aliphatic rings. The average molecular weight is 455 g/mol. The van der Waals surface area contributed by atoms with E-state index in [2.05, 4.69) is 44.1 Å². The van der Waals surface area contributed by atoms with Gasteiger partial charge in [-0.25, -0.2) is 0 Å². The van der Waals surface area contributed by atoms with Gasteiger partial charge in [-0.2, -0.15) is 0 Å². The second-order valence-corrected chi connectivity index (χ2v) is 7.29. The van der Waals surface area contributed by atoms with Gasteiger partial charge in [0.15, 0.2) is 0 Å². The maximum absolute atomic E-state index is 12.3. The van der Waals surface area contributed by atoms with Gasteiger partial charge in [-0.3, -0.25) is 4.79 Å². The zero-order valence-corrected chi connectivity index (χ0v) is 16.8. The van der Waals surface area contributed by atoms with Gasteiger partial charge in [0.05, 0.1) is 11.1 Å². The molecule has 0 unspecified atom stereocenters. The first-order chi connectivity index (χ1) is 11.6. The SMILES string of the molecule is CCCCCCOc1ccc(C(=O)Nc2ccc(Br)cc2)cc1Br. The van der Waals surface area contributed by atoms with E-state index in [0.29, 0.717) is 12.2 Å². The van der Waals surface area contributed by atoms with Crippen LogP contribution in [0, 0.1) is 0 Å². The van der Waals surface area contributed by atoms with Crippen LogP contribution < -0.4 is 10.1 Å². The van der Waals surface area contributed by atoms with Crippen molar-refractivity contribution >= 4 is 43.5 Å². The molecule has 24 heavy (non-hydrogen) atoms. The summed E-state index contributed by atoms with van der Waals surface area (Å²) in [5.74, 6) is 0.624. The Labute approximate surface area is 160 Å². The Kier molecular flexibility index (Phi) is 7.79. The number of halogens is 2. The molecule has 1 N–H and O–H groups in total. The smallest absolute Gasteiger partial charge is 0.255 e. The van der Waals surface area contributed by atoms with Gasteiger partial charge in [0.2, 0.25) is 0 Å². The number of hydrogen-bond acceptors (Lipinski definition) is 2. The second kappa shape index (κ2) is 9.84. The van der Waals surface area contributed by atoms with Crippen LogP contribution in [-0.2, 0) is 0 Å². The number of hydrogen-bond donors (Lipinski definition) is 1. The van der Waals surface area contributed by atoms with Crippen molar-refractivity contribution in [1.29, 1.82) is 0 Å². The van der Waals surface area contributed by atoms with Crippen molar-refractivity contribution in [3.63, 3.8) is 0 Å². The second-order valence-electron chi connectivity index (χ2n) is 5.52. The Hall–Kier alpha value is -1.33. The van der Waals surface area contributed by atoms with Crippen molar-refractivity contribution in [1.82, 2.24) is 0 Å². The molecule has 3 nitrogen and oxygen atoms in total. The molecule has 0 radical (unpaired) electrons. The highest BCUT2D eigenvalue weighted by atomic mass is 79.9. The Morgan fingerprint density at radius 2 is 1.79 bits per heavy atom. The lowest BCUT2D eigenvalue weighted by Crippen LogP contribution is -2.12. The fourth-order valence-electron chi connectivity index (χ4n) is 2.21. The van der Waals surface area contributed by atoms with E-state index in [0.717, 1.165) is 26.8 Å². The quantitative estimate of drug-likeness (QED) is 0.467. The summed E-state index contributed by atoms with van der Waals surface area (Å²) in [5, 5.41) is 2.88. The fourth-order valence-corrected chi connectivity index (χ4v) is 2.96. The molecule has 0 saturated carbocycles. The zero-order valence-electron chi connectivity index (χ0n) is 13.6. The van der Waals surface area contributed by atoms with Crippen LogP contribution in [0.25, 0.3) is 0 Å². The highest BCUT2D eigenvalue weighted by molar-refractivity contribution is 9.10. The number of amides is 1.